The zero-order chi connectivity index (χ0) is 33.8. The Morgan fingerprint density at radius 2 is 1.68 bits per heavy atom. The third-order valence-corrected chi connectivity index (χ3v) is 16.3. The summed E-state index contributed by atoms with van der Waals surface area (Å²) in [6.07, 6.45) is 14.2. The number of ketones is 1. The quantitative estimate of drug-likeness (QED) is 0.218. The van der Waals surface area contributed by atoms with E-state index in [9.17, 15) is 25.2 Å². The van der Waals surface area contributed by atoms with E-state index < -0.39 is 45.9 Å². The molecule has 8 heteroatoms. The van der Waals surface area contributed by atoms with Crippen molar-refractivity contribution in [1.82, 2.24) is 0 Å². The van der Waals surface area contributed by atoms with Crippen LogP contribution < -0.4 is 11.1 Å². The smallest absolute Gasteiger partial charge is 0.159 e. The molecule has 5 aliphatic carbocycles. The maximum Gasteiger partial charge on any atom is 0.159 e. The molecule has 7 rings (SSSR count). The molecule has 2 saturated heterocycles. The molecule has 0 bridgehead atoms. The Kier molecular flexibility index (Phi) is 8.52. The second-order valence-corrected chi connectivity index (χ2v) is 18.9. The maximum absolute atomic E-state index is 14.0. The van der Waals surface area contributed by atoms with Crippen LogP contribution in [0, 0.1) is 45.8 Å². The summed E-state index contributed by atoms with van der Waals surface area (Å²) in [6.45, 7) is 11.2. The van der Waals surface area contributed by atoms with Gasteiger partial charge in [-0.05, 0) is 137 Å². The van der Waals surface area contributed by atoms with Crippen LogP contribution in [0.3, 0.4) is 0 Å². The van der Waals surface area contributed by atoms with Crippen LogP contribution in [-0.4, -0.2) is 74.0 Å². The summed E-state index contributed by atoms with van der Waals surface area (Å²) in [6, 6.07) is 0. The number of piperidine rings is 1. The molecule has 4 saturated carbocycles. The second kappa shape index (κ2) is 11.6. The highest BCUT2D eigenvalue weighted by atomic mass is 16.6. The molecule has 13 unspecified atom stereocenters. The van der Waals surface area contributed by atoms with Crippen molar-refractivity contribution in [2.45, 2.75) is 172 Å². The van der Waals surface area contributed by atoms with Crippen molar-refractivity contribution in [3.05, 3.63) is 11.6 Å². The monoisotopic (exact) mass is 657 g/mol. The van der Waals surface area contributed by atoms with Gasteiger partial charge in [-0.15, -0.1) is 0 Å². The van der Waals surface area contributed by atoms with Crippen LogP contribution >= 0.6 is 0 Å². The number of ether oxygens (including phenoxy) is 1. The zero-order valence-corrected chi connectivity index (χ0v) is 29.8. The molecule has 2 aliphatic heterocycles. The van der Waals surface area contributed by atoms with E-state index in [0.717, 1.165) is 76.3 Å². The van der Waals surface area contributed by atoms with Crippen molar-refractivity contribution < 1.29 is 35.3 Å². The van der Waals surface area contributed by atoms with E-state index in [2.05, 4.69) is 26.1 Å². The fraction of sp³-hybridized carbons (Fsp3) is 0.923. The first-order chi connectivity index (χ1) is 22.0. The van der Waals surface area contributed by atoms with Gasteiger partial charge in [-0.25, -0.2) is 0 Å². The number of aliphatic hydroxyl groups is 4. The Bertz CT molecular complexity index is 1260. The van der Waals surface area contributed by atoms with Gasteiger partial charge in [-0.3, -0.25) is 10.5 Å². The Hall–Kier alpha value is -0.870. The van der Waals surface area contributed by atoms with E-state index in [1.54, 1.807) is 6.08 Å². The number of fused-ring (bicyclic) bond motifs is 5. The van der Waals surface area contributed by atoms with E-state index >= 15 is 0 Å². The first kappa shape index (κ1) is 34.6. The molecule has 0 aromatic rings. The Morgan fingerprint density at radius 3 is 2.38 bits per heavy atom. The first-order valence-corrected chi connectivity index (χ1v) is 19.3. The SMILES string of the molecule is CC(O)(C1OC1C(C)(O)C(C)(C)CCC1CC[NH2+]C(N)C1)C1CCC2(O)C3=CC(=O)C4CC(O)CCC4(C4CCCC4)C3CCC12C. The standard InChI is InChI=1S/C39H64N2O6/c1-34(2,15-10-23-14-19-41-31(40)20-23)37(5,45)33-32(47-33)36(4,44)30-13-18-39(46)27-22-29(43)28-21-25(42)11-17-38(28,24-8-6-7-9-24)26(27)12-16-35(30,39)3/h22-26,28,30-33,41-42,44-46H,6-21,40H2,1-5H3/p+1. The lowest BCUT2D eigenvalue weighted by molar-refractivity contribution is -0.699. The second-order valence-electron chi connectivity index (χ2n) is 18.9. The lowest BCUT2D eigenvalue weighted by atomic mass is 9.42. The predicted octanol–water partition coefficient (Wildman–Crippen LogP) is 3.72. The van der Waals surface area contributed by atoms with Gasteiger partial charge in [0.2, 0.25) is 0 Å². The molecule has 8 N–H and O–H groups in total. The van der Waals surface area contributed by atoms with Crippen molar-refractivity contribution in [3.8, 4) is 0 Å². The Labute approximate surface area is 282 Å². The van der Waals surface area contributed by atoms with E-state index in [4.69, 9.17) is 10.5 Å². The number of carbonyl (C=O) groups is 1. The van der Waals surface area contributed by atoms with Crippen molar-refractivity contribution >= 4 is 5.78 Å². The van der Waals surface area contributed by atoms with Gasteiger partial charge < -0.3 is 30.5 Å². The van der Waals surface area contributed by atoms with Gasteiger partial charge in [0, 0.05) is 17.8 Å². The molecule has 0 aromatic carbocycles. The van der Waals surface area contributed by atoms with Crippen LogP contribution in [0.25, 0.3) is 0 Å². The van der Waals surface area contributed by atoms with Gasteiger partial charge in [0.15, 0.2) is 5.78 Å². The van der Waals surface area contributed by atoms with E-state index in [1.807, 2.05) is 13.8 Å². The van der Waals surface area contributed by atoms with Crippen molar-refractivity contribution in [1.29, 1.82) is 0 Å². The molecule has 0 radical (unpaired) electrons. The molecule has 13 atom stereocenters. The number of allylic oxidation sites excluding steroid dienone is 1. The molecule has 7 aliphatic rings. The highest BCUT2D eigenvalue weighted by Crippen LogP contribution is 2.71. The lowest BCUT2D eigenvalue weighted by Gasteiger charge is -2.62. The van der Waals surface area contributed by atoms with Gasteiger partial charge in [-0.1, -0.05) is 33.6 Å². The van der Waals surface area contributed by atoms with Crippen LogP contribution in [0.2, 0.25) is 0 Å². The number of rotatable bonds is 8. The van der Waals surface area contributed by atoms with Gasteiger partial charge >= 0.3 is 0 Å². The highest BCUT2D eigenvalue weighted by Gasteiger charge is 2.73. The lowest BCUT2D eigenvalue weighted by Crippen LogP contribution is -2.94. The number of epoxide rings is 1. The minimum Gasteiger partial charge on any atom is -0.393 e. The third kappa shape index (κ3) is 5.11. The molecule has 0 aromatic heterocycles. The molecular weight excluding hydrogens is 592 g/mol. The van der Waals surface area contributed by atoms with Crippen molar-refractivity contribution in [3.63, 3.8) is 0 Å². The van der Waals surface area contributed by atoms with Crippen LogP contribution in [0.1, 0.15) is 131 Å². The molecule has 6 fully saturated rings. The summed E-state index contributed by atoms with van der Waals surface area (Å²) in [5, 5.41) is 50.3. The fourth-order valence-electron chi connectivity index (χ4n) is 13.0. The zero-order valence-electron chi connectivity index (χ0n) is 29.8. The molecule has 266 valence electrons. The molecule has 0 spiro atoms. The average molecular weight is 658 g/mol. The molecule has 8 nitrogen and oxygen atoms in total. The largest absolute Gasteiger partial charge is 0.393 e. The van der Waals surface area contributed by atoms with E-state index in [-0.39, 0.29) is 35.1 Å². The van der Waals surface area contributed by atoms with Crippen molar-refractivity contribution in [2.75, 3.05) is 6.54 Å². The van der Waals surface area contributed by atoms with Crippen LogP contribution in [0.15, 0.2) is 11.6 Å². The topological polar surface area (TPSA) is 153 Å². The summed E-state index contributed by atoms with van der Waals surface area (Å²) in [4.78, 5) is 14.0. The third-order valence-electron chi connectivity index (χ3n) is 16.3. The average Bonchev–Trinajstić information content (AvgIpc) is 3.56. The number of nitrogens with two attached hydrogens (primary N) is 2. The summed E-state index contributed by atoms with van der Waals surface area (Å²) in [5.41, 5.74) is 2.37. The Morgan fingerprint density at radius 1 is 0.957 bits per heavy atom. The fourth-order valence-corrected chi connectivity index (χ4v) is 13.0. The predicted molar refractivity (Wildman–Crippen MR) is 180 cm³/mol. The number of aliphatic hydroxyl groups excluding tert-OH is 1. The number of carbonyl (C=O) groups excluding carboxylic acids is 1. The minimum atomic E-state index is -1.25. The molecule has 0 amide bonds. The number of hydrogen-bond donors (Lipinski definition) is 6. The molecule has 2 heterocycles. The number of quaternary nitrogens is 1. The molecular formula is C39H65N2O6+. The Balaban J connectivity index is 1.11. The first-order valence-electron chi connectivity index (χ1n) is 19.3. The summed E-state index contributed by atoms with van der Waals surface area (Å²) < 4.78 is 6.30. The van der Waals surface area contributed by atoms with Crippen molar-refractivity contribution in [2.24, 2.45) is 51.6 Å². The highest BCUT2D eigenvalue weighted by molar-refractivity contribution is 5.95. The van der Waals surface area contributed by atoms with Crippen LogP contribution in [0.5, 0.6) is 0 Å². The van der Waals surface area contributed by atoms with Gasteiger partial charge in [0.1, 0.15) is 18.4 Å². The summed E-state index contributed by atoms with van der Waals surface area (Å²) in [7, 11) is 0. The van der Waals surface area contributed by atoms with Gasteiger partial charge in [-0.2, -0.15) is 0 Å². The minimum absolute atomic E-state index is 0.104. The van der Waals surface area contributed by atoms with E-state index in [0.29, 0.717) is 31.1 Å². The maximum atomic E-state index is 14.0. The molecule has 47 heavy (non-hydrogen) atoms. The normalized spacial score (nSPS) is 48.1. The van der Waals surface area contributed by atoms with Gasteiger partial charge in [0.05, 0.1) is 29.5 Å². The van der Waals surface area contributed by atoms with Gasteiger partial charge in [0.25, 0.3) is 0 Å². The van der Waals surface area contributed by atoms with E-state index in [1.165, 1.54) is 12.8 Å². The van der Waals surface area contributed by atoms with Crippen LogP contribution in [0.4, 0.5) is 0 Å². The number of hydrogen-bond acceptors (Lipinski definition) is 7. The summed E-state index contributed by atoms with van der Waals surface area (Å²) >= 11 is 0. The summed E-state index contributed by atoms with van der Waals surface area (Å²) in [5.74, 6) is 0.885. The van der Waals surface area contributed by atoms with Crippen LogP contribution in [-0.2, 0) is 9.53 Å².